The van der Waals surface area contributed by atoms with Gasteiger partial charge in [0.05, 0.1) is 11.4 Å². The molecule has 146 valence electrons. The zero-order valence-corrected chi connectivity index (χ0v) is 17.2. The molecule has 2 aliphatic rings. The lowest BCUT2D eigenvalue weighted by molar-refractivity contribution is 0.268. The molecular weight excluding hydrogens is 342 g/mol. The molecule has 4 rings (SSSR count). The fraction of sp³-hybridized carbons (Fsp3) is 0.400. The van der Waals surface area contributed by atoms with Crippen molar-refractivity contribution in [1.82, 2.24) is 15.2 Å². The predicted molar refractivity (Wildman–Crippen MR) is 118 cm³/mol. The van der Waals surface area contributed by atoms with Gasteiger partial charge >= 0.3 is 0 Å². The number of allylic oxidation sites excluding steroid dienone is 1. The van der Waals surface area contributed by atoms with Crippen LogP contribution in [0.1, 0.15) is 49.1 Å². The zero-order chi connectivity index (χ0) is 19.6. The van der Waals surface area contributed by atoms with E-state index in [1.54, 1.807) is 0 Å². The summed E-state index contributed by atoms with van der Waals surface area (Å²) in [6.07, 6.45) is 8.14. The molecular formula is C25H31N3. The van der Waals surface area contributed by atoms with Gasteiger partial charge in [0.15, 0.2) is 0 Å². The molecule has 0 radical (unpaired) electrons. The fourth-order valence-corrected chi connectivity index (χ4v) is 4.73. The molecule has 1 aliphatic heterocycles. The highest BCUT2D eigenvalue weighted by Gasteiger charge is 2.35. The number of aromatic nitrogens is 1. The second kappa shape index (κ2) is 7.92. The van der Waals surface area contributed by atoms with E-state index in [0.29, 0.717) is 0 Å². The molecule has 28 heavy (non-hydrogen) atoms. The van der Waals surface area contributed by atoms with Gasteiger partial charge in [-0.3, -0.25) is 4.98 Å². The van der Waals surface area contributed by atoms with Crippen molar-refractivity contribution in [1.29, 1.82) is 0 Å². The summed E-state index contributed by atoms with van der Waals surface area (Å²) in [5.74, 6) is 0. The highest BCUT2D eigenvalue weighted by molar-refractivity contribution is 5.83. The predicted octanol–water partition coefficient (Wildman–Crippen LogP) is 4.75. The van der Waals surface area contributed by atoms with Gasteiger partial charge in [-0.15, -0.1) is 0 Å². The number of hydrogen-bond acceptors (Lipinski definition) is 3. The van der Waals surface area contributed by atoms with Crippen molar-refractivity contribution < 1.29 is 0 Å². The summed E-state index contributed by atoms with van der Waals surface area (Å²) in [6, 6.07) is 13.2. The van der Waals surface area contributed by atoms with E-state index in [1.807, 2.05) is 6.20 Å². The van der Waals surface area contributed by atoms with Gasteiger partial charge in [-0.2, -0.15) is 0 Å². The Hall–Kier alpha value is -2.39. The van der Waals surface area contributed by atoms with Gasteiger partial charge in [-0.05, 0) is 74.4 Å². The summed E-state index contributed by atoms with van der Waals surface area (Å²) in [5, 5.41) is 3.52. The first-order valence-electron chi connectivity index (χ1n) is 10.6. The van der Waals surface area contributed by atoms with Crippen LogP contribution in [0.3, 0.4) is 0 Å². The first-order valence-corrected chi connectivity index (χ1v) is 10.6. The maximum absolute atomic E-state index is 4.78. The van der Waals surface area contributed by atoms with Crippen molar-refractivity contribution in [3.63, 3.8) is 0 Å². The van der Waals surface area contributed by atoms with Crippen molar-refractivity contribution in [3.8, 4) is 0 Å². The van der Waals surface area contributed by atoms with Gasteiger partial charge in [-0.25, -0.2) is 0 Å². The third-order valence-electron chi connectivity index (χ3n) is 6.42. The number of benzene rings is 1. The summed E-state index contributed by atoms with van der Waals surface area (Å²) in [4.78, 5) is 7.03. The van der Waals surface area contributed by atoms with Crippen molar-refractivity contribution >= 4 is 11.3 Å². The van der Waals surface area contributed by atoms with Crippen LogP contribution >= 0.6 is 0 Å². The molecule has 3 heteroatoms. The van der Waals surface area contributed by atoms with Crippen LogP contribution in [-0.2, 0) is 6.42 Å². The minimum atomic E-state index is 0.276. The lowest BCUT2D eigenvalue weighted by atomic mass is 9.67. The summed E-state index contributed by atoms with van der Waals surface area (Å²) in [5.41, 5.74) is 7.64. The quantitative estimate of drug-likeness (QED) is 0.820. The van der Waals surface area contributed by atoms with Gasteiger partial charge < -0.3 is 10.2 Å². The number of piperidine rings is 1. The van der Waals surface area contributed by atoms with Crippen LogP contribution in [0.25, 0.3) is 11.3 Å². The van der Waals surface area contributed by atoms with Crippen LogP contribution < -0.4 is 5.32 Å². The third-order valence-corrected chi connectivity index (χ3v) is 6.42. The topological polar surface area (TPSA) is 28.2 Å². The minimum Gasteiger partial charge on any atom is -0.371 e. The van der Waals surface area contributed by atoms with Gasteiger partial charge in [0.1, 0.15) is 0 Å². The lowest BCUT2D eigenvalue weighted by Crippen LogP contribution is -2.38. The Labute approximate surface area is 169 Å². The first-order chi connectivity index (χ1) is 13.7. The molecule has 1 N–H and O–H groups in total. The second-order valence-corrected chi connectivity index (χ2v) is 8.06. The molecule has 1 fully saturated rings. The number of rotatable bonds is 5. The summed E-state index contributed by atoms with van der Waals surface area (Å²) >= 11 is 0. The molecule has 0 saturated carbocycles. The lowest BCUT2D eigenvalue weighted by Gasteiger charge is -2.39. The van der Waals surface area contributed by atoms with Crippen LogP contribution in [0.4, 0.5) is 0 Å². The average molecular weight is 374 g/mol. The molecule has 2 heterocycles. The molecule has 1 spiro atoms. The molecule has 1 aliphatic carbocycles. The number of hydrogen-bond donors (Lipinski definition) is 1. The van der Waals surface area contributed by atoms with E-state index in [0.717, 1.165) is 44.0 Å². The van der Waals surface area contributed by atoms with Gasteiger partial charge in [-0.1, -0.05) is 43.0 Å². The van der Waals surface area contributed by atoms with Crippen LogP contribution in [0.15, 0.2) is 55.3 Å². The highest BCUT2D eigenvalue weighted by Crippen LogP contribution is 2.44. The zero-order valence-electron chi connectivity index (χ0n) is 17.2. The molecule has 0 bridgehead atoms. The van der Waals surface area contributed by atoms with Gasteiger partial charge in [0, 0.05) is 24.8 Å². The van der Waals surface area contributed by atoms with Crippen molar-refractivity contribution in [2.24, 2.45) is 5.41 Å². The van der Waals surface area contributed by atoms with Crippen LogP contribution in [0, 0.1) is 5.41 Å². The van der Waals surface area contributed by atoms with E-state index in [1.165, 1.54) is 35.1 Å². The largest absolute Gasteiger partial charge is 0.371 e. The standard InChI is InChI=1S/C25H31N3/c1-4-28(5-2)19(3)24-11-10-21(18-27-24)23-17-25(12-14-26-15-13-25)16-20-8-6-7-9-22(20)23/h6-11,17-18,26H,3-5,12-16H2,1-2H3. The smallest absolute Gasteiger partial charge is 0.0857 e. The second-order valence-electron chi connectivity index (χ2n) is 8.06. The van der Waals surface area contributed by atoms with Crippen molar-refractivity contribution in [3.05, 3.63) is 77.6 Å². The van der Waals surface area contributed by atoms with E-state index in [4.69, 9.17) is 4.98 Å². The maximum Gasteiger partial charge on any atom is 0.0857 e. The molecule has 0 amide bonds. The van der Waals surface area contributed by atoms with Crippen LogP contribution in [0.2, 0.25) is 0 Å². The Kier molecular flexibility index (Phi) is 5.36. The minimum absolute atomic E-state index is 0.276. The molecule has 2 aromatic rings. The van der Waals surface area contributed by atoms with Crippen molar-refractivity contribution in [2.45, 2.75) is 33.1 Å². The summed E-state index contributed by atoms with van der Waals surface area (Å²) < 4.78 is 0. The van der Waals surface area contributed by atoms with E-state index in [9.17, 15) is 0 Å². The first kappa shape index (κ1) is 18.9. The van der Waals surface area contributed by atoms with Gasteiger partial charge in [0.2, 0.25) is 0 Å². The molecule has 1 aromatic carbocycles. The Morgan fingerprint density at radius 1 is 1.11 bits per heavy atom. The highest BCUT2D eigenvalue weighted by atomic mass is 15.1. The number of nitrogens with one attached hydrogen (secondary N) is 1. The van der Waals surface area contributed by atoms with E-state index in [2.05, 4.69) is 73.1 Å². The van der Waals surface area contributed by atoms with Crippen LogP contribution in [0.5, 0.6) is 0 Å². The molecule has 0 atom stereocenters. The Balaban J connectivity index is 1.71. The van der Waals surface area contributed by atoms with E-state index >= 15 is 0 Å². The van der Waals surface area contributed by atoms with E-state index < -0.39 is 0 Å². The van der Waals surface area contributed by atoms with Crippen LogP contribution in [-0.4, -0.2) is 36.1 Å². The molecule has 1 saturated heterocycles. The fourth-order valence-electron chi connectivity index (χ4n) is 4.73. The Bertz CT molecular complexity index is 869. The SMILES string of the molecule is C=C(c1ccc(C2=CC3(CCNCC3)Cc3ccccc32)cn1)N(CC)CC. The number of pyridine rings is 1. The van der Waals surface area contributed by atoms with E-state index in [-0.39, 0.29) is 5.41 Å². The number of fused-ring (bicyclic) bond motifs is 1. The third kappa shape index (κ3) is 3.51. The molecule has 0 unspecified atom stereocenters. The summed E-state index contributed by atoms with van der Waals surface area (Å²) in [6.45, 7) is 12.7. The average Bonchev–Trinajstić information content (AvgIpc) is 2.74. The maximum atomic E-state index is 4.78. The monoisotopic (exact) mass is 373 g/mol. The Morgan fingerprint density at radius 2 is 1.86 bits per heavy atom. The summed E-state index contributed by atoms with van der Waals surface area (Å²) in [7, 11) is 0. The van der Waals surface area contributed by atoms with Gasteiger partial charge in [0.25, 0.3) is 0 Å². The molecule has 1 aromatic heterocycles. The van der Waals surface area contributed by atoms with Crippen molar-refractivity contribution in [2.75, 3.05) is 26.2 Å². The Morgan fingerprint density at radius 3 is 2.54 bits per heavy atom. The normalized spacial score (nSPS) is 17.7. The molecule has 3 nitrogen and oxygen atoms in total. The number of nitrogens with zero attached hydrogens (tertiary/aromatic N) is 2.